The summed E-state index contributed by atoms with van der Waals surface area (Å²) in [5.41, 5.74) is 7.08. The fraction of sp³-hybridized carbons (Fsp3) is 0.250. The van der Waals surface area contributed by atoms with Gasteiger partial charge in [0.15, 0.2) is 0 Å². The van der Waals surface area contributed by atoms with Gasteiger partial charge in [-0.25, -0.2) is 0 Å². The largest absolute Gasteiger partial charge is 0.384 e. The fourth-order valence-corrected chi connectivity index (χ4v) is 1.18. The zero-order chi connectivity index (χ0) is 9.97. The molecule has 2 heteroatoms. The predicted molar refractivity (Wildman–Crippen MR) is 57.1 cm³/mol. The molecule has 0 amide bonds. The Morgan fingerprint density at radius 1 is 1.43 bits per heavy atom. The number of nitrogens with one attached hydrogen (secondary N) is 1. The molecule has 0 atom stereocenters. The van der Waals surface area contributed by atoms with E-state index in [-0.39, 0.29) is 5.84 Å². The van der Waals surface area contributed by atoms with Crippen LogP contribution in [0.2, 0.25) is 0 Å². The molecule has 0 heterocycles. The molecule has 70 valence electrons. The summed E-state index contributed by atoms with van der Waals surface area (Å²) in [5, 5.41) is 7.29. The molecule has 1 aliphatic rings. The highest BCUT2D eigenvalue weighted by Crippen LogP contribution is 2.27. The monoisotopic (exact) mass is 184 g/mol. The average molecular weight is 184 g/mol. The summed E-state index contributed by atoms with van der Waals surface area (Å²) in [4.78, 5) is 0. The summed E-state index contributed by atoms with van der Waals surface area (Å²) in [7, 11) is 0. The molecule has 1 aromatic carbocycles. The van der Waals surface area contributed by atoms with Crippen LogP contribution in [0.5, 0.6) is 0 Å². The third-order valence-electron chi connectivity index (χ3n) is 2.17. The van der Waals surface area contributed by atoms with E-state index >= 15 is 0 Å². The van der Waals surface area contributed by atoms with Gasteiger partial charge in [-0.1, -0.05) is 24.0 Å². The summed E-state index contributed by atoms with van der Waals surface area (Å²) in [6, 6.07) is 7.51. The molecule has 14 heavy (non-hydrogen) atoms. The van der Waals surface area contributed by atoms with Crippen molar-refractivity contribution in [2.45, 2.75) is 12.8 Å². The van der Waals surface area contributed by atoms with Gasteiger partial charge in [-0.15, -0.1) is 0 Å². The van der Waals surface area contributed by atoms with Crippen LogP contribution in [0, 0.1) is 23.2 Å². The van der Waals surface area contributed by atoms with Crippen molar-refractivity contribution in [1.29, 1.82) is 5.41 Å². The van der Waals surface area contributed by atoms with Crippen molar-refractivity contribution in [3.05, 3.63) is 35.4 Å². The Labute approximate surface area is 83.6 Å². The first-order valence-corrected chi connectivity index (χ1v) is 4.72. The smallest absolute Gasteiger partial charge is 0.122 e. The van der Waals surface area contributed by atoms with Gasteiger partial charge in [0.25, 0.3) is 0 Å². The summed E-state index contributed by atoms with van der Waals surface area (Å²) >= 11 is 0. The standard InChI is InChI=1S/C12H12N2/c13-12(14)11-3-1-2-10(8-11)7-6-9-4-5-9/h1-3,8-9H,4-5H2,(H3,13,14). The zero-order valence-electron chi connectivity index (χ0n) is 7.88. The summed E-state index contributed by atoms with van der Waals surface area (Å²) < 4.78 is 0. The van der Waals surface area contributed by atoms with Crippen molar-refractivity contribution in [2.75, 3.05) is 0 Å². The van der Waals surface area contributed by atoms with Gasteiger partial charge in [0.1, 0.15) is 5.84 Å². The van der Waals surface area contributed by atoms with Crippen molar-refractivity contribution in [1.82, 2.24) is 0 Å². The minimum Gasteiger partial charge on any atom is -0.384 e. The highest BCUT2D eigenvalue weighted by molar-refractivity contribution is 5.95. The maximum absolute atomic E-state index is 7.29. The maximum Gasteiger partial charge on any atom is 0.122 e. The normalized spacial score (nSPS) is 14.3. The second kappa shape index (κ2) is 3.55. The van der Waals surface area contributed by atoms with Crippen LogP contribution < -0.4 is 5.73 Å². The Bertz CT molecular complexity index is 419. The Balaban J connectivity index is 2.22. The average Bonchev–Trinajstić information content (AvgIpc) is 2.99. The molecule has 1 aliphatic carbocycles. The number of benzene rings is 1. The van der Waals surface area contributed by atoms with Gasteiger partial charge >= 0.3 is 0 Å². The van der Waals surface area contributed by atoms with Crippen molar-refractivity contribution in [2.24, 2.45) is 11.7 Å². The first-order valence-electron chi connectivity index (χ1n) is 4.72. The molecule has 3 N–H and O–H groups in total. The third kappa shape index (κ3) is 2.14. The van der Waals surface area contributed by atoms with E-state index in [1.165, 1.54) is 12.8 Å². The lowest BCUT2D eigenvalue weighted by Crippen LogP contribution is -2.10. The van der Waals surface area contributed by atoms with E-state index in [0.717, 1.165) is 11.1 Å². The second-order valence-corrected chi connectivity index (χ2v) is 3.54. The molecule has 1 fully saturated rings. The van der Waals surface area contributed by atoms with Crippen molar-refractivity contribution in [3.8, 4) is 11.8 Å². The minimum atomic E-state index is 0.0973. The Morgan fingerprint density at radius 3 is 2.86 bits per heavy atom. The Hall–Kier alpha value is -1.75. The SMILES string of the molecule is N=C(N)c1cccc(C#CC2CC2)c1. The number of rotatable bonds is 1. The van der Waals surface area contributed by atoms with Crippen LogP contribution in [-0.2, 0) is 0 Å². The number of amidine groups is 1. The third-order valence-corrected chi connectivity index (χ3v) is 2.17. The summed E-state index contributed by atoms with van der Waals surface area (Å²) in [5.74, 6) is 6.98. The van der Waals surface area contributed by atoms with Crippen LogP contribution in [0.25, 0.3) is 0 Å². The van der Waals surface area contributed by atoms with Crippen LogP contribution in [0.4, 0.5) is 0 Å². The lowest BCUT2D eigenvalue weighted by atomic mass is 10.1. The molecule has 0 unspecified atom stereocenters. The van der Waals surface area contributed by atoms with Crippen LogP contribution in [0.15, 0.2) is 24.3 Å². The van der Waals surface area contributed by atoms with E-state index in [0.29, 0.717) is 5.92 Å². The van der Waals surface area contributed by atoms with E-state index in [4.69, 9.17) is 11.1 Å². The van der Waals surface area contributed by atoms with Gasteiger partial charge in [0, 0.05) is 17.0 Å². The zero-order valence-corrected chi connectivity index (χ0v) is 7.88. The van der Waals surface area contributed by atoms with Crippen LogP contribution in [0.3, 0.4) is 0 Å². The molecule has 0 aromatic heterocycles. The minimum absolute atomic E-state index is 0.0973. The van der Waals surface area contributed by atoms with Crippen molar-refractivity contribution >= 4 is 5.84 Å². The highest BCUT2D eigenvalue weighted by Gasteiger charge is 2.17. The van der Waals surface area contributed by atoms with E-state index in [9.17, 15) is 0 Å². The van der Waals surface area contributed by atoms with E-state index in [2.05, 4.69) is 11.8 Å². The molecule has 0 radical (unpaired) electrons. The van der Waals surface area contributed by atoms with Gasteiger partial charge in [-0.3, -0.25) is 5.41 Å². The molecule has 2 rings (SSSR count). The fourth-order valence-electron chi connectivity index (χ4n) is 1.18. The first kappa shape index (κ1) is 8.83. The van der Waals surface area contributed by atoms with Gasteiger partial charge in [-0.2, -0.15) is 0 Å². The van der Waals surface area contributed by atoms with Crippen LogP contribution in [0.1, 0.15) is 24.0 Å². The lowest BCUT2D eigenvalue weighted by molar-refractivity contribution is 1.18. The van der Waals surface area contributed by atoms with Gasteiger partial charge in [-0.05, 0) is 25.0 Å². The van der Waals surface area contributed by atoms with E-state index in [1.807, 2.05) is 24.3 Å². The molecular formula is C12H12N2. The number of nitrogen functional groups attached to an aromatic ring is 1. The molecule has 1 saturated carbocycles. The highest BCUT2D eigenvalue weighted by atomic mass is 14.7. The van der Waals surface area contributed by atoms with Gasteiger partial charge in [0.05, 0.1) is 0 Å². The predicted octanol–water partition coefficient (Wildman–Crippen LogP) is 1.73. The number of hydrogen-bond acceptors (Lipinski definition) is 1. The Kier molecular flexibility index (Phi) is 2.24. The molecule has 1 aromatic rings. The molecule has 0 aliphatic heterocycles. The summed E-state index contributed by atoms with van der Waals surface area (Å²) in [6.07, 6.45) is 2.47. The van der Waals surface area contributed by atoms with E-state index < -0.39 is 0 Å². The van der Waals surface area contributed by atoms with E-state index in [1.54, 1.807) is 0 Å². The molecule has 2 nitrogen and oxygen atoms in total. The topological polar surface area (TPSA) is 49.9 Å². The second-order valence-electron chi connectivity index (χ2n) is 3.54. The number of hydrogen-bond donors (Lipinski definition) is 2. The number of nitrogens with two attached hydrogens (primary N) is 1. The molecule has 0 saturated heterocycles. The van der Waals surface area contributed by atoms with Crippen LogP contribution in [-0.4, -0.2) is 5.84 Å². The van der Waals surface area contributed by atoms with Crippen molar-refractivity contribution in [3.63, 3.8) is 0 Å². The molecule has 0 spiro atoms. The van der Waals surface area contributed by atoms with Crippen LogP contribution >= 0.6 is 0 Å². The lowest BCUT2D eigenvalue weighted by Gasteiger charge is -1.97. The molecule has 0 bridgehead atoms. The van der Waals surface area contributed by atoms with Gasteiger partial charge in [0.2, 0.25) is 0 Å². The maximum atomic E-state index is 7.29. The Morgan fingerprint density at radius 2 is 2.21 bits per heavy atom. The van der Waals surface area contributed by atoms with Gasteiger partial charge < -0.3 is 5.73 Å². The molecular weight excluding hydrogens is 172 g/mol. The quantitative estimate of drug-likeness (QED) is 0.390. The summed E-state index contributed by atoms with van der Waals surface area (Å²) in [6.45, 7) is 0. The van der Waals surface area contributed by atoms with Crippen molar-refractivity contribution < 1.29 is 0 Å². The first-order chi connectivity index (χ1) is 6.75.